The van der Waals surface area contributed by atoms with Crippen LogP contribution in [0.15, 0.2) is 45.8 Å². The largest absolute Gasteiger partial charge is 0.327 e. The van der Waals surface area contributed by atoms with Gasteiger partial charge >= 0.3 is 0 Å². The lowest BCUT2D eigenvalue weighted by Gasteiger charge is -2.10. The zero-order valence-electron chi connectivity index (χ0n) is 11.6. The molecule has 2 N–H and O–H groups in total. The van der Waals surface area contributed by atoms with Gasteiger partial charge in [-0.15, -0.1) is 11.3 Å². The van der Waals surface area contributed by atoms with Crippen molar-refractivity contribution >= 4 is 39.7 Å². The zero-order chi connectivity index (χ0) is 14.8. The highest BCUT2D eigenvalue weighted by Crippen LogP contribution is 2.36. The maximum atomic E-state index is 6.25. The second-order valence-corrected chi connectivity index (χ2v) is 7.14. The summed E-state index contributed by atoms with van der Waals surface area (Å²) in [5.41, 5.74) is 7.31. The summed E-state index contributed by atoms with van der Waals surface area (Å²) in [6, 6.07) is 8.00. The van der Waals surface area contributed by atoms with Crippen LogP contribution in [0.3, 0.4) is 0 Å². The van der Waals surface area contributed by atoms with Gasteiger partial charge in [-0.2, -0.15) is 0 Å². The molecule has 0 amide bonds. The third kappa shape index (κ3) is 3.11. The van der Waals surface area contributed by atoms with Gasteiger partial charge in [0.15, 0.2) is 4.96 Å². The van der Waals surface area contributed by atoms with Gasteiger partial charge in [-0.25, -0.2) is 4.98 Å². The fourth-order valence-corrected chi connectivity index (χ4v) is 4.10. The average Bonchev–Trinajstić information content (AvgIpc) is 3.04. The Bertz CT molecular complexity index is 750. The number of hydrogen-bond donors (Lipinski definition) is 1. The number of hydrogen-bond acceptors (Lipinski definition) is 4. The van der Waals surface area contributed by atoms with Crippen LogP contribution >= 0.6 is 34.7 Å². The first kappa shape index (κ1) is 14.9. The number of aromatic nitrogens is 2. The Labute approximate surface area is 137 Å². The van der Waals surface area contributed by atoms with Gasteiger partial charge in [-0.3, -0.25) is 4.40 Å². The molecule has 1 aromatic carbocycles. The molecule has 1 unspecified atom stereocenters. The Morgan fingerprint density at radius 1 is 1.43 bits per heavy atom. The van der Waals surface area contributed by atoms with Crippen molar-refractivity contribution in [3.63, 3.8) is 0 Å². The quantitative estimate of drug-likeness (QED) is 0.746. The van der Waals surface area contributed by atoms with E-state index in [1.165, 1.54) is 5.69 Å². The summed E-state index contributed by atoms with van der Waals surface area (Å²) in [5, 5.41) is 3.80. The fraction of sp³-hybridized carbons (Fsp3) is 0.267. The Kier molecular flexibility index (Phi) is 4.54. The van der Waals surface area contributed by atoms with Crippen molar-refractivity contribution in [1.82, 2.24) is 9.38 Å². The Hall–Kier alpha value is -1.01. The van der Waals surface area contributed by atoms with Crippen LogP contribution in [0.2, 0.25) is 5.02 Å². The SMILES string of the molecule is CCC(N)Cc1c(Sc2ccccc2Cl)nc2sccn12. The topological polar surface area (TPSA) is 43.3 Å². The van der Waals surface area contributed by atoms with E-state index in [0.29, 0.717) is 0 Å². The maximum Gasteiger partial charge on any atom is 0.194 e. The first-order valence-corrected chi connectivity index (χ1v) is 8.88. The van der Waals surface area contributed by atoms with E-state index in [1.54, 1.807) is 23.1 Å². The standard InChI is InChI=1S/C15H16ClN3S2/c1-2-10(17)9-12-14(18-15-19(12)7-8-20-15)21-13-6-4-3-5-11(13)16/h3-8,10H,2,9,17H2,1H3. The normalized spacial score (nSPS) is 12.9. The van der Waals surface area contributed by atoms with Gasteiger partial charge in [0.05, 0.1) is 10.7 Å². The molecule has 21 heavy (non-hydrogen) atoms. The molecule has 0 saturated heterocycles. The van der Waals surface area contributed by atoms with E-state index in [4.69, 9.17) is 22.3 Å². The molecule has 0 aliphatic carbocycles. The predicted molar refractivity (Wildman–Crippen MR) is 90.6 cm³/mol. The molecule has 3 nitrogen and oxygen atoms in total. The van der Waals surface area contributed by atoms with Gasteiger partial charge in [0.2, 0.25) is 0 Å². The minimum absolute atomic E-state index is 0.149. The molecule has 6 heteroatoms. The van der Waals surface area contributed by atoms with Crippen LogP contribution in [-0.2, 0) is 6.42 Å². The minimum atomic E-state index is 0.149. The van der Waals surface area contributed by atoms with Crippen molar-refractivity contribution in [2.45, 2.75) is 35.7 Å². The van der Waals surface area contributed by atoms with Crippen molar-refractivity contribution in [2.75, 3.05) is 0 Å². The molecule has 0 aliphatic rings. The summed E-state index contributed by atoms with van der Waals surface area (Å²) in [4.78, 5) is 6.75. The summed E-state index contributed by atoms with van der Waals surface area (Å²) >= 11 is 9.50. The van der Waals surface area contributed by atoms with Crippen molar-refractivity contribution in [3.8, 4) is 0 Å². The Balaban J connectivity index is 1.99. The molecular formula is C15H16ClN3S2. The maximum absolute atomic E-state index is 6.25. The van der Waals surface area contributed by atoms with Crippen molar-refractivity contribution in [1.29, 1.82) is 0 Å². The summed E-state index contributed by atoms with van der Waals surface area (Å²) in [6.07, 6.45) is 3.83. The third-order valence-electron chi connectivity index (χ3n) is 3.35. The second-order valence-electron chi connectivity index (χ2n) is 4.82. The number of benzene rings is 1. The lowest BCUT2D eigenvalue weighted by atomic mass is 10.1. The molecule has 0 aliphatic heterocycles. The zero-order valence-corrected chi connectivity index (χ0v) is 14.0. The van der Waals surface area contributed by atoms with Gasteiger partial charge in [-0.05, 0) is 18.6 Å². The van der Waals surface area contributed by atoms with Crippen molar-refractivity contribution in [3.05, 3.63) is 46.6 Å². The third-order valence-corrected chi connectivity index (χ3v) is 5.64. The van der Waals surface area contributed by atoms with Crippen molar-refractivity contribution < 1.29 is 0 Å². The highest BCUT2D eigenvalue weighted by atomic mass is 35.5. The van der Waals surface area contributed by atoms with E-state index in [2.05, 4.69) is 17.5 Å². The summed E-state index contributed by atoms with van der Waals surface area (Å²) in [5.74, 6) is 0. The highest BCUT2D eigenvalue weighted by molar-refractivity contribution is 7.99. The molecule has 3 rings (SSSR count). The van der Waals surface area contributed by atoms with Gasteiger partial charge in [0, 0.05) is 28.9 Å². The van der Waals surface area contributed by atoms with Crippen LogP contribution in [0.1, 0.15) is 19.0 Å². The van der Waals surface area contributed by atoms with Crippen LogP contribution in [0.25, 0.3) is 4.96 Å². The molecule has 1 atom stereocenters. The molecule has 0 saturated carbocycles. The number of rotatable bonds is 5. The molecule has 110 valence electrons. The minimum Gasteiger partial charge on any atom is -0.327 e. The van der Waals surface area contributed by atoms with Gasteiger partial charge < -0.3 is 5.73 Å². The lowest BCUT2D eigenvalue weighted by molar-refractivity contribution is 0.627. The number of halogens is 1. The lowest BCUT2D eigenvalue weighted by Crippen LogP contribution is -2.22. The molecule has 0 radical (unpaired) electrons. The van der Waals surface area contributed by atoms with Crippen molar-refractivity contribution in [2.24, 2.45) is 5.73 Å². The highest BCUT2D eigenvalue weighted by Gasteiger charge is 2.17. The fourth-order valence-electron chi connectivity index (χ4n) is 2.10. The van der Waals surface area contributed by atoms with Gasteiger partial charge in [0.1, 0.15) is 5.03 Å². The molecule has 2 heterocycles. The van der Waals surface area contributed by atoms with Crippen LogP contribution < -0.4 is 5.73 Å². The molecule has 0 fully saturated rings. The van der Waals surface area contributed by atoms with E-state index < -0.39 is 0 Å². The second kappa shape index (κ2) is 6.40. The van der Waals surface area contributed by atoms with Gasteiger partial charge in [-0.1, -0.05) is 42.4 Å². The first-order valence-electron chi connectivity index (χ1n) is 6.81. The van der Waals surface area contributed by atoms with Crippen LogP contribution in [0.5, 0.6) is 0 Å². The molecule has 2 aromatic heterocycles. The van der Waals surface area contributed by atoms with E-state index in [1.807, 2.05) is 29.6 Å². The van der Waals surface area contributed by atoms with E-state index in [9.17, 15) is 0 Å². The predicted octanol–water partition coefficient (Wildman–Crippen LogP) is 4.48. The Morgan fingerprint density at radius 2 is 2.24 bits per heavy atom. The van der Waals surface area contributed by atoms with Crippen LogP contribution in [-0.4, -0.2) is 15.4 Å². The molecular weight excluding hydrogens is 322 g/mol. The number of nitrogens with two attached hydrogens (primary N) is 1. The number of thiazole rings is 1. The number of imidazole rings is 1. The Morgan fingerprint density at radius 3 is 3.00 bits per heavy atom. The monoisotopic (exact) mass is 337 g/mol. The average molecular weight is 338 g/mol. The van der Waals surface area contributed by atoms with Crippen LogP contribution in [0, 0.1) is 0 Å². The number of nitrogens with zero attached hydrogens (tertiary/aromatic N) is 2. The number of fused-ring (bicyclic) bond motifs is 1. The summed E-state index contributed by atoms with van der Waals surface area (Å²) < 4.78 is 2.14. The molecule has 0 bridgehead atoms. The molecule has 3 aromatic rings. The van der Waals surface area contributed by atoms with Gasteiger partial charge in [0.25, 0.3) is 0 Å². The molecule has 0 spiro atoms. The first-order chi connectivity index (χ1) is 10.2. The van der Waals surface area contributed by atoms with E-state index in [-0.39, 0.29) is 6.04 Å². The summed E-state index contributed by atoms with van der Waals surface area (Å²) in [7, 11) is 0. The summed E-state index contributed by atoms with van der Waals surface area (Å²) in [6.45, 7) is 2.11. The van der Waals surface area contributed by atoms with Crippen LogP contribution in [0.4, 0.5) is 0 Å². The van der Waals surface area contributed by atoms with E-state index >= 15 is 0 Å². The smallest absolute Gasteiger partial charge is 0.194 e. The van der Waals surface area contributed by atoms with E-state index in [0.717, 1.165) is 32.7 Å².